The fourth-order valence-electron chi connectivity index (χ4n) is 3.27. The van der Waals surface area contributed by atoms with E-state index in [1.54, 1.807) is 18.2 Å². The van der Waals surface area contributed by atoms with Crippen molar-refractivity contribution < 1.29 is 9.13 Å². The third-order valence-electron chi connectivity index (χ3n) is 4.84. The van der Waals surface area contributed by atoms with E-state index in [-0.39, 0.29) is 12.4 Å². The van der Waals surface area contributed by atoms with Gasteiger partial charge >= 0.3 is 0 Å². The first-order valence-corrected chi connectivity index (χ1v) is 11.1. The zero-order chi connectivity index (χ0) is 21.8. The molecule has 4 rings (SSSR count). The van der Waals surface area contributed by atoms with E-state index < -0.39 is 0 Å². The molecular weight excluding hydrogens is 521 g/mol. The second kappa shape index (κ2) is 9.47. The van der Waals surface area contributed by atoms with Crippen LogP contribution >= 0.6 is 31.9 Å². The van der Waals surface area contributed by atoms with Gasteiger partial charge in [0.1, 0.15) is 18.2 Å². The van der Waals surface area contributed by atoms with Crippen LogP contribution in [0.25, 0.3) is 22.4 Å². The Bertz CT molecular complexity index is 1320. The molecule has 31 heavy (non-hydrogen) atoms. The normalized spacial score (nSPS) is 11.4. The number of benzene rings is 4. The lowest BCUT2D eigenvalue weighted by molar-refractivity contribution is 0.296. The molecule has 0 fully saturated rings. The summed E-state index contributed by atoms with van der Waals surface area (Å²) in [4.78, 5) is 0. The van der Waals surface area contributed by atoms with Crippen LogP contribution in [0.15, 0.2) is 87.8 Å². The Labute approximate surface area is 196 Å². The van der Waals surface area contributed by atoms with Crippen molar-refractivity contribution in [2.75, 3.05) is 0 Å². The van der Waals surface area contributed by atoms with E-state index in [1.165, 1.54) is 6.07 Å². The topological polar surface area (TPSA) is 33.0 Å². The number of hydrogen-bond donors (Lipinski definition) is 0. The van der Waals surface area contributed by atoms with Crippen molar-refractivity contribution in [3.63, 3.8) is 0 Å². The summed E-state index contributed by atoms with van der Waals surface area (Å²) in [5.41, 5.74) is 2.73. The van der Waals surface area contributed by atoms with E-state index in [1.807, 2.05) is 60.7 Å². The molecule has 0 atom stereocenters. The van der Waals surface area contributed by atoms with Gasteiger partial charge in [-0.2, -0.15) is 5.26 Å². The van der Waals surface area contributed by atoms with Crippen molar-refractivity contribution >= 4 is 54.3 Å². The molecule has 0 heterocycles. The van der Waals surface area contributed by atoms with Gasteiger partial charge in [0.05, 0.1) is 20.6 Å². The minimum absolute atomic E-state index is 0.111. The predicted octanol–water partition coefficient (Wildman–Crippen LogP) is 8.15. The van der Waals surface area contributed by atoms with Gasteiger partial charge in [-0.05, 0) is 84.1 Å². The van der Waals surface area contributed by atoms with Gasteiger partial charge in [0, 0.05) is 5.56 Å². The fourth-order valence-corrected chi connectivity index (χ4v) is 4.72. The Kier molecular flexibility index (Phi) is 6.50. The van der Waals surface area contributed by atoms with Gasteiger partial charge in [0.2, 0.25) is 0 Å². The number of allylic oxidation sites excluding steroid dienone is 1. The number of hydrogen-bond acceptors (Lipinski definition) is 2. The van der Waals surface area contributed by atoms with Crippen LogP contribution < -0.4 is 4.74 Å². The molecule has 5 heteroatoms. The van der Waals surface area contributed by atoms with E-state index in [0.717, 1.165) is 21.9 Å². The summed E-state index contributed by atoms with van der Waals surface area (Å²) in [6, 6.07) is 26.6. The molecule has 0 N–H and O–H groups in total. The zero-order valence-corrected chi connectivity index (χ0v) is 19.5. The summed E-state index contributed by atoms with van der Waals surface area (Å²) in [7, 11) is 0. The van der Waals surface area contributed by atoms with E-state index in [2.05, 4.69) is 37.9 Å². The number of halogens is 3. The Morgan fingerprint density at radius 3 is 2.29 bits per heavy atom. The molecule has 0 spiro atoms. The molecule has 0 bridgehead atoms. The number of nitrogens with zero attached hydrogens (tertiary/aromatic N) is 1. The second-order valence-electron chi connectivity index (χ2n) is 6.93. The lowest BCUT2D eigenvalue weighted by Gasteiger charge is -2.12. The summed E-state index contributed by atoms with van der Waals surface area (Å²) >= 11 is 7.06. The van der Waals surface area contributed by atoms with Crippen molar-refractivity contribution in [3.8, 4) is 11.8 Å². The predicted molar refractivity (Wildman–Crippen MR) is 130 cm³/mol. The van der Waals surface area contributed by atoms with Gasteiger partial charge in [-0.3, -0.25) is 0 Å². The molecule has 0 radical (unpaired) electrons. The molecule has 0 amide bonds. The summed E-state index contributed by atoms with van der Waals surface area (Å²) in [5.74, 6) is 0.271. The SMILES string of the molecule is N#C/C(=C/c1cc(Br)c(OCc2ccccc2F)c(Br)c1)c1ccc2ccccc2c1. The zero-order valence-electron chi connectivity index (χ0n) is 16.3. The van der Waals surface area contributed by atoms with Crippen molar-refractivity contribution in [2.24, 2.45) is 0 Å². The summed E-state index contributed by atoms with van der Waals surface area (Å²) in [5, 5.41) is 12.0. The van der Waals surface area contributed by atoms with Gasteiger partial charge in [0.15, 0.2) is 0 Å². The van der Waals surface area contributed by atoms with Gasteiger partial charge in [-0.15, -0.1) is 0 Å². The lowest BCUT2D eigenvalue weighted by atomic mass is 10.0. The number of rotatable bonds is 5. The maximum atomic E-state index is 13.9. The van der Waals surface area contributed by atoms with E-state index in [4.69, 9.17) is 4.74 Å². The average Bonchev–Trinajstić information content (AvgIpc) is 2.77. The smallest absolute Gasteiger partial charge is 0.148 e. The molecular formula is C26H16Br2FNO. The van der Waals surface area contributed by atoms with E-state index in [9.17, 15) is 9.65 Å². The van der Waals surface area contributed by atoms with Crippen LogP contribution in [0.4, 0.5) is 4.39 Å². The number of nitriles is 1. The van der Waals surface area contributed by atoms with Crippen LogP contribution in [-0.2, 0) is 6.61 Å². The van der Waals surface area contributed by atoms with Crippen molar-refractivity contribution in [3.05, 3.63) is 110 Å². The van der Waals surface area contributed by atoms with Gasteiger partial charge < -0.3 is 4.74 Å². The Morgan fingerprint density at radius 2 is 1.58 bits per heavy atom. The summed E-state index contributed by atoms with van der Waals surface area (Å²) in [6.45, 7) is 0.111. The molecule has 0 aliphatic carbocycles. The van der Waals surface area contributed by atoms with Crippen LogP contribution in [0, 0.1) is 17.1 Å². The number of fused-ring (bicyclic) bond motifs is 1. The minimum Gasteiger partial charge on any atom is -0.486 e. The Balaban J connectivity index is 1.62. The monoisotopic (exact) mass is 535 g/mol. The van der Waals surface area contributed by atoms with Crippen LogP contribution in [0.1, 0.15) is 16.7 Å². The average molecular weight is 537 g/mol. The van der Waals surface area contributed by atoms with Gasteiger partial charge in [-0.25, -0.2) is 4.39 Å². The highest BCUT2D eigenvalue weighted by Gasteiger charge is 2.11. The van der Waals surface area contributed by atoms with Crippen LogP contribution in [0.3, 0.4) is 0 Å². The molecule has 0 unspecified atom stereocenters. The standard InChI is InChI=1S/C26H16Br2FNO/c27-23-12-17(13-24(28)26(23)31-16-21-7-3-4-8-25(21)29)11-22(15-30)20-10-9-18-5-1-2-6-19(18)14-20/h1-14H,16H2/b22-11-. The highest BCUT2D eigenvalue weighted by Crippen LogP contribution is 2.36. The molecule has 0 saturated heterocycles. The van der Waals surface area contributed by atoms with E-state index in [0.29, 0.717) is 25.8 Å². The summed E-state index contributed by atoms with van der Waals surface area (Å²) in [6.07, 6.45) is 1.83. The van der Waals surface area contributed by atoms with E-state index >= 15 is 0 Å². The molecule has 0 saturated carbocycles. The highest BCUT2D eigenvalue weighted by molar-refractivity contribution is 9.11. The van der Waals surface area contributed by atoms with Crippen molar-refractivity contribution in [2.45, 2.75) is 6.61 Å². The molecule has 0 aliphatic rings. The maximum Gasteiger partial charge on any atom is 0.148 e. The summed E-state index contributed by atoms with van der Waals surface area (Å²) < 4.78 is 21.1. The number of ether oxygens (including phenoxy) is 1. The van der Waals surface area contributed by atoms with Crippen LogP contribution in [-0.4, -0.2) is 0 Å². The van der Waals surface area contributed by atoms with Gasteiger partial charge in [-0.1, -0.05) is 54.6 Å². The van der Waals surface area contributed by atoms with Crippen molar-refractivity contribution in [1.82, 2.24) is 0 Å². The first-order valence-electron chi connectivity index (χ1n) is 9.51. The fraction of sp³-hybridized carbons (Fsp3) is 0.0385. The van der Waals surface area contributed by atoms with Crippen LogP contribution in [0.2, 0.25) is 0 Å². The first kappa shape index (κ1) is 21.3. The molecule has 0 aromatic heterocycles. The molecule has 2 nitrogen and oxygen atoms in total. The third kappa shape index (κ3) is 4.87. The largest absolute Gasteiger partial charge is 0.486 e. The molecule has 4 aromatic rings. The molecule has 4 aromatic carbocycles. The van der Waals surface area contributed by atoms with Crippen molar-refractivity contribution in [1.29, 1.82) is 5.26 Å². The third-order valence-corrected chi connectivity index (χ3v) is 6.02. The first-order chi connectivity index (χ1) is 15.0. The lowest BCUT2D eigenvalue weighted by Crippen LogP contribution is -1.99. The molecule has 0 aliphatic heterocycles. The Hall–Kier alpha value is -2.94. The highest BCUT2D eigenvalue weighted by atomic mass is 79.9. The molecule has 152 valence electrons. The maximum absolute atomic E-state index is 13.9. The van der Waals surface area contributed by atoms with Gasteiger partial charge in [0.25, 0.3) is 0 Å². The van der Waals surface area contributed by atoms with Crippen LogP contribution in [0.5, 0.6) is 5.75 Å². The second-order valence-corrected chi connectivity index (χ2v) is 8.63. The Morgan fingerprint density at radius 1 is 0.903 bits per heavy atom. The minimum atomic E-state index is -0.302. The quantitative estimate of drug-likeness (QED) is 0.190.